The zero-order valence-electron chi connectivity index (χ0n) is 25.5. The third-order valence-electron chi connectivity index (χ3n) is 10.2. The first kappa shape index (κ1) is 31.4. The number of nitrogens with zero attached hydrogens (tertiary/aromatic N) is 1. The summed E-state index contributed by atoms with van der Waals surface area (Å²) in [7, 11) is -0.583. The second-order valence-corrected chi connectivity index (χ2v) is 15.1. The van der Waals surface area contributed by atoms with E-state index in [2.05, 4.69) is 21.8 Å². The lowest BCUT2D eigenvalue weighted by Gasteiger charge is -2.43. The van der Waals surface area contributed by atoms with Crippen LogP contribution in [0.1, 0.15) is 66.4 Å². The number of hydrogen-bond donors (Lipinski definition) is 1. The molecule has 10 heteroatoms. The molecule has 6 atom stereocenters. The van der Waals surface area contributed by atoms with Crippen LogP contribution in [-0.4, -0.2) is 59.1 Å². The first-order chi connectivity index (χ1) is 21.3. The van der Waals surface area contributed by atoms with Crippen LogP contribution in [0, 0.1) is 17.8 Å². The summed E-state index contributed by atoms with van der Waals surface area (Å²) in [5.41, 5.74) is 3.39. The van der Waals surface area contributed by atoms with Crippen molar-refractivity contribution >= 4 is 33.2 Å². The zero-order valence-corrected chi connectivity index (χ0v) is 27.1. The summed E-state index contributed by atoms with van der Waals surface area (Å²) in [6.45, 7) is 1.96. The van der Waals surface area contributed by atoms with E-state index in [0.717, 1.165) is 61.5 Å². The molecule has 0 spiro atoms. The Morgan fingerprint density at radius 2 is 1.86 bits per heavy atom. The minimum Gasteiger partial charge on any atom is -0.487 e. The maximum absolute atomic E-state index is 13.6. The maximum Gasteiger partial charge on any atom is 0.264 e. The highest BCUT2D eigenvalue weighted by molar-refractivity contribution is 7.90. The highest BCUT2D eigenvalue weighted by atomic mass is 35.5. The molecule has 8 nitrogen and oxygen atoms in total. The van der Waals surface area contributed by atoms with Crippen molar-refractivity contribution in [3.05, 3.63) is 70.3 Å². The Hall–Kier alpha value is -2.59. The molecule has 4 aliphatic rings. The Kier molecular flexibility index (Phi) is 9.57. The van der Waals surface area contributed by atoms with E-state index in [1.165, 1.54) is 5.56 Å². The van der Waals surface area contributed by atoms with Crippen molar-refractivity contribution in [3.63, 3.8) is 0 Å². The molecule has 2 aliphatic carbocycles. The molecule has 2 aromatic rings. The SMILES string of the molecule is CO[C@@H]1C[C@H]2C/C=C/[C@H](OC)[C@@H]3CC[C@H]3CN3CCCCc4cc(Cl)ccc4COc4ccc(cc43)C(=O)NS(=O)(=O)[C@@H]2C1. The van der Waals surface area contributed by atoms with Gasteiger partial charge >= 0.3 is 0 Å². The first-order valence-electron chi connectivity index (χ1n) is 15.8. The number of aryl methyl sites for hydroxylation is 1. The van der Waals surface area contributed by atoms with E-state index in [-0.39, 0.29) is 18.1 Å². The third kappa shape index (κ3) is 6.66. The van der Waals surface area contributed by atoms with Crippen LogP contribution in [0.5, 0.6) is 5.75 Å². The molecule has 1 N–H and O–H groups in total. The highest BCUT2D eigenvalue weighted by Crippen LogP contribution is 2.42. The Morgan fingerprint density at radius 1 is 1.00 bits per heavy atom. The predicted octanol–water partition coefficient (Wildman–Crippen LogP) is 5.92. The molecule has 238 valence electrons. The number of methoxy groups -OCH3 is 2. The standard InChI is InChI=1S/C34H43ClN2O6S/c1-41-28-17-23-7-5-8-31(42-2)29-13-10-25(29)20-37-15-4-3-6-22-16-27(35)12-9-26(22)21-43-32-14-11-24(18-30(32)37)34(38)36-44(39,40)33(23)19-28/h5,8-9,11-12,14,16,18,23,25,28-29,31,33H,3-4,6-7,10,13,15,17,19-21H2,1-2H3,(H,36,38)/b8-5+/t23-,25+,28-,29-,31+,33-/m1/s1. The number of fused-ring (bicyclic) bond motifs is 4. The minimum atomic E-state index is -3.96. The van der Waals surface area contributed by atoms with Crippen LogP contribution in [0.15, 0.2) is 48.6 Å². The monoisotopic (exact) mass is 642 g/mol. The largest absolute Gasteiger partial charge is 0.487 e. The molecule has 2 fully saturated rings. The van der Waals surface area contributed by atoms with Crippen LogP contribution in [0.2, 0.25) is 5.02 Å². The average Bonchev–Trinajstić information content (AvgIpc) is 3.41. The van der Waals surface area contributed by atoms with Crippen LogP contribution in [0.4, 0.5) is 5.69 Å². The van der Waals surface area contributed by atoms with E-state index in [0.29, 0.717) is 49.0 Å². The Bertz CT molecular complexity index is 1500. The van der Waals surface area contributed by atoms with Gasteiger partial charge in [-0.15, -0.1) is 0 Å². The van der Waals surface area contributed by atoms with Gasteiger partial charge in [-0.3, -0.25) is 4.79 Å². The van der Waals surface area contributed by atoms with Gasteiger partial charge < -0.3 is 19.1 Å². The number of hydrogen-bond acceptors (Lipinski definition) is 7. The normalized spacial score (nSPS) is 31.2. The zero-order chi connectivity index (χ0) is 30.8. The van der Waals surface area contributed by atoms with Crippen LogP contribution in [-0.2, 0) is 32.5 Å². The van der Waals surface area contributed by atoms with Crippen molar-refractivity contribution in [3.8, 4) is 5.75 Å². The number of allylic oxidation sites excluding steroid dienone is 1. The molecule has 0 unspecified atom stereocenters. The van der Waals surface area contributed by atoms with E-state index in [9.17, 15) is 13.2 Å². The van der Waals surface area contributed by atoms with Crippen molar-refractivity contribution in [1.29, 1.82) is 0 Å². The predicted molar refractivity (Wildman–Crippen MR) is 172 cm³/mol. The van der Waals surface area contributed by atoms with E-state index in [1.807, 2.05) is 18.2 Å². The van der Waals surface area contributed by atoms with Crippen LogP contribution >= 0.6 is 11.6 Å². The lowest BCUT2D eigenvalue weighted by Crippen LogP contribution is -2.44. The molecule has 0 aromatic heterocycles. The molecule has 0 saturated heterocycles. The van der Waals surface area contributed by atoms with Gasteiger partial charge in [-0.25, -0.2) is 13.1 Å². The van der Waals surface area contributed by atoms with Crippen molar-refractivity contribution in [2.24, 2.45) is 17.8 Å². The molecule has 1 amide bonds. The summed E-state index contributed by atoms with van der Waals surface area (Å²) >= 11 is 6.33. The van der Waals surface area contributed by atoms with Gasteiger partial charge in [0.15, 0.2) is 0 Å². The van der Waals surface area contributed by atoms with Gasteiger partial charge in [0.2, 0.25) is 10.0 Å². The van der Waals surface area contributed by atoms with Crippen molar-refractivity contribution in [1.82, 2.24) is 4.72 Å². The molecule has 2 heterocycles. The number of halogens is 1. The smallest absolute Gasteiger partial charge is 0.264 e. The molecular weight excluding hydrogens is 600 g/mol. The number of carbonyl (C=O) groups excluding carboxylic acids is 1. The van der Waals surface area contributed by atoms with E-state index in [4.69, 9.17) is 25.8 Å². The van der Waals surface area contributed by atoms with Crippen molar-refractivity contribution in [2.75, 3.05) is 32.2 Å². The second kappa shape index (κ2) is 13.4. The summed E-state index contributed by atoms with van der Waals surface area (Å²) in [4.78, 5) is 15.9. The summed E-state index contributed by atoms with van der Waals surface area (Å²) < 4.78 is 47.7. The van der Waals surface area contributed by atoms with Gasteiger partial charge in [-0.05, 0) is 111 Å². The molecule has 44 heavy (non-hydrogen) atoms. The lowest BCUT2D eigenvalue weighted by atomic mass is 9.70. The summed E-state index contributed by atoms with van der Waals surface area (Å²) in [6.07, 6.45) is 10.6. The molecule has 0 radical (unpaired) electrons. The second-order valence-electron chi connectivity index (χ2n) is 12.8. The topological polar surface area (TPSA) is 94.2 Å². The van der Waals surface area contributed by atoms with Crippen LogP contribution < -0.4 is 14.4 Å². The molecule has 2 aromatic carbocycles. The Morgan fingerprint density at radius 3 is 2.64 bits per heavy atom. The third-order valence-corrected chi connectivity index (χ3v) is 12.3. The van der Waals surface area contributed by atoms with Gasteiger partial charge in [-0.1, -0.05) is 29.8 Å². The summed E-state index contributed by atoms with van der Waals surface area (Å²) in [5, 5.41) is -0.00481. The molecule has 2 aliphatic heterocycles. The average molecular weight is 643 g/mol. The van der Waals surface area contributed by atoms with Crippen molar-refractivity contribution < 1.29 is 27.4 Å². The first-order valence-corrected chi connectivity index (χ1v) is 17.8. The molecule has 6 rings (SSSR count). The fourth-order valence-electron chi connectivity index (χ4n) is 7.52. The summed E-state index contributed by atoms with van der Waals surface area (Å²) in [5.74, 6) is 0.676. The number of carbonyl (C=O) groups is 1. The maximum atomic E-state index is 13.6. The fraction of sp³-hybridized carbons (Fsp3) is 0.559. The van der Waals surface area contributed by atoms with Gasteiger partial charge in [0.05, 0.1) is 23.1 Å². The summed E-state index contributed by atoms with van der Waals surface area (Å²) in [6, 6.07) is 11.2. The lowest BCUT2D eigenvalue weighted by molar-refractivity contribution is 0.0134. The number of amides is 1. The van der Waals surface area contributed by atoms with Gasteiger partial charge in [0, 0.05) is 37.9 Å². The number of nitrogens with one attached hydrogen (secondary N) is 1. The number of benzene rings is 2. The number of ether oxygens (including phenoxy) is 3. The molecule has 2 bridgehead atoms. The quantitative estimate of drug-likeness (QED) is 0.407. The number of sulfonamides is 1. The van der Waals surface area contributed by atoms with Crippen LogP contribution in [0.25, 0.3) is 0 Å². The Balaban J connectivity index is 1.38. The van der Waals surface area contributed by atoms with E-state index >= 15 is 0 Å². The van der Waals surface area contributed by atoms with E-state index in [1.54, 1.807) is 32.4 Å². The Labute approximate surface area is 266 Å². The van der Waals surface area contributed by atoms with Crippen molar-refractivity contribution in [2.45, 2.75) is 75.4 Å². The van der Waals surface area contributed by atoms with Gasteiger partial charge in [-0.2, -0.15) is 0 Å². The van der Waals surface area contributed by atoms with Gasteiger partial charge in [0.1, 0.15) is 12.4 Å². The van der Waals surface area contributed by atoms with Crippen LogP contribution in [0.3, 0.4) is 0 Å². The molecular formula is C34H43ClN2O6S. The highest BCUT2D eigenvalue weighted by Gasteiger charge is 2.43. The molecule has 2 saturated carbocycles. The van der Waals surface area contributed by atoms with E-state index < -0.39 is 21.2 Å². The fourth-order valence-corrected chi connectivity index (χ4v) is 9.44. The number of anilines is 1. The number of rotatable bonds is 2. The van der Waals surface area contributed by atoms with Gasteiger partial charge in [0.25, 0.3) is 5.91 Å². The minimum absolute atomic E-state index is 0.0405.